The summed E-state index contributed by atoms with van der Waals surface area (Å²) in [5.74, 6) is 0.331. The summed E-state index contributed by atoms with van der Waals surface area (Å²) >= 11 is 0. The Morgan fingerprint density at radius 1 is 1.03 bits per heavy atom. The van der Waals surface area contributed by atoms with Crippen LogP contribution in [0.1, 0.15) is 12.5 Å². The molecular weight excluding hydrogens is 400 g/mol. The molecule has 3 aromatic rings. The fourth-order valence-corrected chi connectivity index (χ4v) is 4.49. The SMILES string of the molecule is Cc1cccc(N(C(C)C(=O)NCCOc2ccc3ccccc3c2)S(C)(=O)=O)c1. The number of sulfonamides is 1. The van der Waals surface area contributed by atoms with Gasteiger partial charge in [-0.15, -0.1) is 0 Å². The van der Waals surface area contributed by atoms with Crippen LogP contribution in [0.15, 0.2) is 66.7 Å². The van der Waals surface area contributed by atoms with Crippen LogP contribution in [0.4, 0.5) is 5.69 Å². The first-order valence-electron chi connectivity index (χ1n) is 9.71. The Hall–Kier alpha value is -3.06. The van der Waals surface area contributed by atoms with Crippen molar-refractivity contribution in [2.24, 2.45) is 0 Å². The van der Waals surface area contributed by atoms with Gasteiger partial charge in [0.2, 0.25) is 15.9 Å². The number of nitrogens with zero attached hydrogens (tertiary/aromatic N) is 1. The number of anilines is 1. The maximum atomic E-state index is 12.6. The molecule has 0 aliphatic rings. The average molecular weight is 427 g/mol. The van der Waals surface area contributed by atoms with E-state index < -0.39 is 16.1 Å². The van der Waals surface area contributed by atoms with Crippen LogP contribution in [-0.4, -0.2) is 39.8 Å². The van der Waals surface area contributed by atoms with Gasteiger partial charge in [-0.25, -0.2) is 8.42 Å². The predicted molar refractivity (Wildman–Crippen MR) is 120 cm³/mol. The highest BCUT2D eigenvalue weighted by Crippen LogP contribution is 2.22. The van der Waals surface area contributed by atoms with Gasteiger partial charge in [-0.1, -0.05) is 42.5 Å². The van der Waals surface area contributed by atoms with Crippen LogP contribution >= 0.6 is 0 Å². The lowest BCUT2D eigenvalue weighted by Crippen LogP contribution is -2.48. The molecule has 0 aliphatic heterocycles. The summed E-state index contributed by atoms with van der Waals surface area (Å²) in [6.45, 7) is 3.99. The van der Waals surface area contributed by atoms with Gasteiger partial charge in [0.15, 0.2) is 0 Å². The Bertz CT molecular complexity index is 1140. The first-order chi connectivity index (χ1) is 14.3. The fourth-order valence-electron chi connectivity index (χ4n) is 3.32. The van der Waals surface area contributed by atoms with Crippen molar-refractivity contribution < 1.29 is 17.9 Å². The maximum absolute atomic E-state index is 12.6. The van der Waals surface area contributed by atoms with Crippen LogP contribution in [-0.2, 0) is 14.8 Å². The summed E-state index contributed by atoms with van der Waals surface area (Å²) in [5, 5.41) is 4.96. The summed E-state index contributed by atoms with van der Waals surface area (Å²) in [5.41, 5.74) is 1.38. The maximum Gasteiger partial charge on any atom is 0.243 e. The lowest BCUT2D eigenvalue weighted by molar-refractivity contribution is -0.121. The smallest absolute Gasteiger partial charge is 0.243 e. The van der Waals surface area contributed by atoms with Gasteiger partial charge < -0.3 is 10.1 Å². The molecule has 3 rings (SSSR count). The molecule has 0 heterocycles. The number of benzene rings is 3. The summed E-state index contributed by atoms with van der Waals surface area (Å²) < 4.78 is 31.5. The minimum absolute atomic E-state index is 0.265. The molecule has 1 unspecified atom stereocenters. The van der Waals surface area contributed by atoms with E-state index in [-0.39, 0.29) is 19.1 Å². The molecule has 0 saturated carbocycles. The average Bonchev–Trinajstić information content (AvgIpc) is 2.70. The number of nitrogens with one attached hydrogen (secondary N) is 1. The van der Waals surface area contributed by atoms with Gasteiger partial charge >= 0.3 is 0 Å². The normalized spacial score (nSPS) is 12.4. The van der Waals surface area contributed by atoms with Gasteiger partial charge in [0, 0.05) is 0 Å². The Morgan fingerprint density at radius 3 is 2.47 bits per heavy atom. The second-order valence-corrected chi connectivity index (χ2v) is 9.08. The molecular formula is C23H26N2O4S. The molecule has 6 nitrogen and oxygen atoms in total. The second-order valence-electron chi connectivity index (χ2n) is 7.22. The van der Waals surface area contributed by atoms with E-state index >= 15 is 0 Å². The number of hydrogen-bond donors (Lipinski definition) is 1. The zero-order valence-electron chi connectivity index (χ0n) is 17.3. The Morgan fingerprint density at radius 2 is 1.77 bits per heavy atom. The van der Waals surface area contributed by atoms with E-state index in [0.29, 0.717) is 11.4 Å². The molecule has 0 bridgehead atoms. The number of carbonyl (C=O) groups excluding carboxylic acids is 1. The van der Waals surface area contributed by atoms with Crippen LogP contribution in [0.3, 0.4) is 0 Å². The van der Waals surface area contributed by atoms with E-state index in [1.807, 2.05) is 55.5 Å². The van der Waals surface area contributed by atoms with Gasteiger partial charge in [-0.2, -0.15) is 0 Å². The largest absolute Gasteiger partial charge is 0.492 e. The van der Waals surface area contributed by atoms with Gasteiger partial charge in [0.25, 0.3) is 0 Å². The predicted octanol–water partition coefficient (Wildman–Crippen LogP) is 3.50. The van der Waals surface area contributed by atoms with Gasteiger partial charge in [0.1, 0.15) is 18.4 Å². The molecule has 0 aromatic heterocycles. The van der Waals surface area contributed by atoms with Crippen LogP contribution in [0.25, 0.3) is 10.8 Å². The number of hydrogen-bond acceptors (Lipinski definition) is 4. The molecule has 1 N–H and O–H groups in total. The number of ether oxygens (including phenoxy) is 1. The lowest BCUT2D eigenvalue weighted by atomic mass is 10.1. The quantitative estimate of drug-likeness (QED) is 0.560. The van der Waals surface area contributed by atoms with Crippen LogP contribution in [0, 0.1) is 6.92 Å². The first-order valence-corrected chi connectivity index (χ1v) is 11.6. The van der Waals surface area contributed by atoms with E-state index in [9.17, 15) is 13.2 Å². The minimum Gasteiger partial charge on any atom is -0.492 e. The topological polar surface area (TPSA) is 75.7 Å². The molecule has 0 fully saturated rings. The zero-order chi connectivity index (χ0) is 21.7. The van der Waals surface area contributed by atoms with Crippen LogP contribution in [0.5, 0.6) is 5.75 Å². The third-order valence-corrected chi connectivity index (χ3v) is 5.98. The summed E-state index contributed by atoms with van der Waals surface area (Å²) in [6.07, 6.45) is 1.10. The van der Waals surface area contributed by atoms with Gasteiger partial charge in [0.05, 0.1) is 18.5 Å². The summed E-state index contributed by atoms with van der Waals surface area (Å²) in [4.78, 5) is 12.6. The van der Waals surface area contributed by atoms with E-state index in [4.69, 9.17) is 4.74 Å². The minimum atomic E-state index is -3.63. The monoisotopic (exact) mass is 426 g/mol. The van der Waals surface area contributed by atoms with Crippen molar-refractivity contribution in [1.82, 2.24) is 5.32 Å². The third-order valence-electron chi connectivity index (χ3n) is 4.74. The van der Waals surface area contributed by atoms with Crippen molar-refractivity contribution in [3.8, 4) is 5.75 Å². The van der Waals surface area contributed by atoms with Crippen LogP contribution < -0.4 is 14.4 Å². The van der Waals surface area contributed by atoms with Crippen molar-refractivity contribution >= 4 is 32.4 Å². The molecule has 1 amide bonds. The molecule has 0 saturated heterocycles. The highest BCUT2D eigenvalue weighted by atomic mass is 32.2. The number of amides is 1. The van der Waals surface area contributed by atoms with E-state index in [1.54, 1.807) is 25.1 Å². The molecule has 3 aromatic carbocycles. The molecule has 1 atom stereocenters. The van der Waals surface area contributed by atoms with Crippen molar-refractivity contribution in [2.45, 2.75) is 19.9 Å². The fraction of sp³-hybridized carbons (Fsp3) is 0.261. The van der Waals surface area contributed by atoms with E-state index in [2.05, 4.69) is 5.32 Å². The molecule has 7 heteroatoms. The highest BCUT2D eigenvalue weighted by Gasteiger charge is 2.28. The standard InChI is InChI=1S/C23H26N2O4S/c1-17-7-6-10-21(15-17)25(30(3,27)28)18(2)23(26)24-13-14-29-22-12-11-19-8-4-5-9-20(19)16-22/h4-12,15-16,18H,13-14H2,1-3H3,(H,24,26). The van der Waals surface area contributed by atoms with E-state index in [1.165, 1.54) is 0 Å². The second kappa shape index (κ2) is 9.17. The third kappa shape index (κ3) is 5.30. The molecule has 0 spiro atoms. The molecule has 0 aliphatic carbocycles. The Balaban J connectivity index is 1.59. The van der Waals surface area contributed by atoms with Crippen molar-refractivity contribution in [1.29, 1.82) is 0 Å². The highest BCUT2D eigenvalue weighted by molar-refractivity contribution is 7.92. The number of rotatable bonds is 8. The number of fused-ring (bicyclic) bond motifs is 1. The molecule has 30 heavy (non-hydrogen) atoms. The van der Waals surface area contributed by atoms with Gasteiger partial charge in [-0.05, 0) is 54.4 Å². The Labute approximate surface area is 177 Å². The van der Waals surface area contributed by atoms with Crippen LogP contribution in [0.2, 0.25) is 0 Å². The lowest BCUT2D eigenvalue weighted by Gasteiger charge is -2.28. The van der Waals surface area contributed by atoms with Gasteiger partial charge in [-0.3, -0.25) is 9.10 Å². The Kier molecular flexibility index (Phi) is 6.62. The molecule has 0 radical (unpaired) electrons. The summed E-state index contributed by atoms with van der Waals surface area (Å²) in [6, 6.07) is 20.0. The zero-order valence-corrected chi connectivity index (χ0v) is 18.1. The van der Waals surface area contributed by atoms with E-state index in [0.717, 1.165) is 26.9 Å². The number of carbonyl (C=O) groups is 1. The summed E-state index contributed by atoms with van der Waals surface area (Å²) in [7, 11) is -3.63. The first kappa shape index (κ1) is 21.6. The molecule has 158 valence electrons. The van der Waals surface area contributed by atoms with Crippen molar-refractivity contribution in [3.63, 3.8) is 0 Å². The van der Waals surface area contributed by atoms with Crippen molar-refractivity contribution in [2.75, 3.05) is 23.7 Å². The number of aryl methyl sites for hydroxylation is 1. The van der Waals surface area contributed by atoms with Crippen molar-refractivity contribution in [3.05, 3.63) is 72.3 Å².